The summed E-state index contributed by atoms with van der Waals surface area (Å²) in [5.74, 6) is -1.67. The van der Waals surface area contributed by atoms with Crippen molar-refractivity contribution >= 4 is 33.8 Å². The summed E-state index contributed by atoms with van der Waals surface area (Å²) in [6.45, 7) is 3.70. The van der Waals surface area contributed by atoms with Crippen molar-refractivity contribution < 1.29 is 33.3 Å². The van der Waals surface area contributed by atoms with E-state index in [-0.39, 0.29) is 6.61 Å². The van der Waals surface area contributed by atoms with E-state index < -0.39 is 41.2 Å². The molecule has 1 aliphatic rings. The van der Waals surface area contributed by atoms with Crippen LogP contribution >= 0.6 is 15.9 Å². The standard InChI is InChI=1S/C11H15BrO7/c1-5(13)17-8-4-16-11(12)10(19-7(3)15)9(8)18-6(2)14/h8-11H,4H2,1-3H3/t8-,9-,10-,11?/m1/s1. The first-order chi connectivity index (χ1) is 8.81. The molecule has 0 spiro atoms. The van der Waals surface area contributed by atoms with Crippen molar-refractivity contribution in [2.75, 3.05) is 6.61 Å². The molecule has 1 fully saturated rings. The minimum Gasteiger partial charge on any atom is -0.456 e. The van der Waals surface area contributed by atoms with Gasteiger partial charge in [-0.1, -0.05) is 15.9 Å². The van der Waals surface area contributed by atoms with Crippen molar-refractivity contribution in [1.82, 2.24) is 0 Å². The van der Waals surface area contributed by atoms with Gasteiger partial charge in [-0.3, -0.25) is 14.4 Å². The second-order valence-electron chi connectivity index (χ2n) is 3.98. The predicted molar refractivity (Wildman–Crippen MR) is 65.3 cm³/mol. The molecule has 0 radical (unpaired) electrons. The molecule has 0 saturated carbocycles. The Morgan fingerprint density at radius 2 is 1.42 bits per heavy atom. The molecule has 0 bridgehead atoms. The number of hydrogen-bond acceptors (Lipinski definition) is 7. The van der Waals surface area contributed by atoms with E-state index >= 15 is 0 Å². The van der Waals surface area contributed by atoms with Gasteiger partial charge >= 0.3 is 17.9 Å². The van der Waals surface area contributed by atoms with Crippen molar-refractivity contribution in [3.63, 3.8) is 0 Å². The molecular formula is C11H15BrO7. The third kappa shape index (κ3) is 4.79. The number of carbonyl (C=O) groups excluding carboxylic acids is 3. The number of ether oxygens (including phenoxy) is 4. The Balaban J connectivity index is 2.89. The number of alkyl halides is 1. The molecule has 8 heteroatoms. The predicted octanol–water partition coefficient (Wildman–Crippen LogP) is 0.533. The van der Waals surface area contributed by atoms with Crippen LogP contribution in [0.25, 0.3) is 0 Å². The molecule has 0 aromatic carbocycles. The van der Waals surface area contributed by atoms with E-state index in [0.717, 1.165) is 0 Å². The lowest BCUT2D eigenvalue weighted by Crippen LogP contribution is -2.55. The van der Waals surface area contributed by atoms with Crippen LogP contribution in [-0.4, -0.2) is 47.8 Å². The summed E-state index contributed by atoms with van der Waals surface area (Å²) < 4.78 is 20.4. The Kier molecular flexibility index (Phi) is 5.74. The highest BCUT2D eigenvalue weighted by molar-refractivity contribution is 9.09. The van der Waals surface area contributed by atoms with Crippen LogP contribution in [0.3, 0.4) is 0 Å². The van der Waals surface area contributed by atoms with Gasteiger partial charge in [0.15, 0.2) is 23.3 Å². The van der Waals surface area contributed by atoms with Crippen molar-refractivity contribution in [3.05, 3.63) is 0 Å². The minimum atomic E-state index is -0.913. The zero-order valence-electron chi connectivity index (χ0n) is 10.8. The van der Waals surface area contributed by atoms with Crippen LogP contribution in [0.4, 0.5) is 0 Å². The van der Waals surface area contributed by atoms with Gasteiger partial charge in [-0.2, -0.15) is 0 Å². The SMILES string of the molecule is CC(=O)O[C@@H]1[C@H](OC(C)=O)COC(Br)[C@@H]1OC(C)=O. The van der Waals surface area contributed by atoms with Gasteiger partial charge in [0, 0.05) is 20.8 Å². The monoisotopic (exact) mass is 338 g/mol. The maximum Gasteiger partial charge on any atom is 0.303 e. The summed E-state index contributed by atoms with van der Waals surface area (Å²) in [5, 5.41) is -0.646. The van der Waals surface area contributed by atoms with Gasteiger partial charge < -0.3 is 18.9 Å². The summed E-state index contributed by atoms with van der Waals surface area (Å²) >= 11 is 3.18. The van der Waals surface area contributed by atoms with Crippen molar-refractivity contribution in [2.24, 2.45) is 0 Å². The molecule has 1 saturated heterocycles. The molecule has 0 aliphatic carbocycles. The fraction of sp³-hybridized carbons (Fsp3) is 0.727. The Morgan fingerprint density at radius 3 is 1.89 bits per heavy atom. The first-order valence-corrected chi connectivity index (χ1v) is 6.50. The Bertz CT molecular complexity index is 370. The van der Waals surface area contributed by atoms with Crippen LogP contribution in [0.15, 0.2) is 0 Å². The van der Waals surface area contributed by atoms with Gasteiger partial charge in [-0.05, 0) is 0 Å². The topological polar surface area (TPSA) is 88.1 Å². The summed E-state index contributed by atoms with van der Waals surface area (Å²) in [6, 6.07) is 0. The lowest BCUT2D eigenvalue weighted by Gasteiger charge is -2.38. The van der Waals surface area contributed by atoms with E-state index in [0.29, 0.717) is 0 Å². The van der Waals surface area contributed by atoms with Crippen molar-refractivity contribution in [3.8, 4) is 0 Å². The average Bonchev–Trinajstić information content (AvgIpc) is 2.25. The summed E-state index contributed by atoms with van der Waals surface area (Å²) in [4.78, 5) is 33.2. The lowest BCUT2D eigenvalue weighted by molar-refractivity contribution is -0.212. The molecule has 0 N–H and O–H groups in total. The number of carbonyl (C=O) groups is 3. The minimum absolute atomic E-state index is 0.0329. The van der Waals surface area contributed by atoms with Gasteiger partial charge in [0.05, 0.1) is 6.61 Å². The molecular weight excluding hydrogens is 324 g/mol. The zero-order chi connectivity index (χ0) is 14.6. The quantitative estimate of drug-likeness (QED) is 0.421. The van der Waals surface area contributed by atoms with E-state index in [1.54, 1.807) is 0 Å². The average molecular weight is 339 g/mol. The fourth-order valence-electron chi connectivity index (χ4n) is 1.70. The maximum atomic E-state index is 11.1. The van der Waals surface area contributed by atoms with Crippen LogP contribution in [0.2, 0.25) is 0 Å². The molecule has 1 unspecified atom stereocenters. The largest absolute Gasteiger partial charge is 0.456 e. The summed E-state index contributed by atoms with van der Waals surface area (Å²) in [7, 11) is 0. The van der Waals surface area contributed by atoms with Crippen molar-refractivity contribution in [2.45, 2.75) is 44.1 Å². The first-order valence-electron chi connectivity index (χ1n) is 5.58. The second kappa shape index (κ2) is 6.85. The van der Waals surface area contributed by atoms with E-state index in [9.17, 15) is 14.4 Å². The molecule has 0 aromatic rings. The van der Waals surface area contributed by atoms with Crippen LogP contribution < -0.4 is 0 Å². The molecule has 7 nitrogen and oxygen atoms in total. The van der Waals surface area contributed by atoms with Crippen LogP contribution in [0, 0.1) is 0 Å². The van der Waals surface area contributed by atoms with Gasteiger partial charge in [0.25, 0.3) is 0 Å². The third-order valence-electron chi connectivity index (χ3n) is 2.29. The third-order valence-corrected chi connectivity index (χ3v) is 3.08. The molecule has 1 rings (SSSR count). The number of esters is 3. The fourth-order valence-corrected chi connectivity index (χ4v) is 2.26. The highest BCUT2D eigenvalue weighted by atomic mass is 79.9. The normalized spacial score (nSPS) is 30.3. The molecule has 4 atom stereocenters. The summed E-state index contributed by atoms with van der Waals surface area (Å²) in [6.07, 6.45) is -2.62. The van der Waals surface area contributed by atoms with E-state index in [2.05, 4.69) is 15.9 Å². The van der Waals surface area contributed by atoms with Crippen LogP contribution in [-0.2, 0) is 33.3 Å². The smallest absolute Gasteiger partial charge is 0.303 e. The van der Waals surface area contributed by atoms with Gasteiger partial charge in [0.2, 0.25) is 0 Å². The molecule has 0 aromatic heterocycles. The molecule has 1 aliphatic heterocycles. The lowest BCUT2D eigenvalue weighted by atomic mass is 10.1. The van der Waals surface area contributed by atoms with Crippen LogP contribution in [0.5, 0.6) is 0 Å². The highest BCUT2D eigenvalue weighted by Gasteiger charge is 2.45. The summed E-state index contributed by atoms with van der Waals surface area (Å²) in [5.41, 5.74) is 0. The Labute approximate surface area is 118 Å². The molecule has 108 valence electrons. The van der Waals surface area contributed by atoms with E-state index in [4.69, 9.17) is 18.9 Å². The van der Waals surface area contributed by atoms with Crippen molar-refractivity contribution in [1.29, 1.82) is 0 Å². The van der Waals surface area contributed by atoms with Crippen LogP contribution in [0.1, 0.15) is 20.8 Å². The molecule has 19 heavy (non-hydrogen) atoms. The number of rotatable bonds is 3. The Hall–Kier alpha value is -1.15. The zero-order valence-corrected chi connectivity index (χ0v) is 12.3. The second-order valence-corrected chi connectivity index (χ2v) is 4.88. The Morgan fingerprint density at radius 1 is 0.947 bits per heavy atom. The number of hydrogen-bond donors (Lipinski definition) is 0. The van der Waals surface area contributed by atoms with E-state index in [1.165, 1.54) is 20.8 Å². The highest BCUT2D eigenvalue weighted by Crippen LogP contribution is 2.27. The maximum absolute atomic E-state index is 11.1. The first kappa shape index (κ1) is 15.9. The van der Waals surface area contributed by atoms with Gasteiger partial charge in [0.1, 0.15) is 0 Å². The van der Waals surface area contributed by atoms with Gasteiger partial charge in [-0.25, -0.2) is 0 Å². The van der Waals surface area contributed by atoms with E-state index in [1.807, 2.05) is 0 Å². The molecule has 1 heterocycles. The van der Waals surface area contributed by atoms with Gasteiger partial charge in [-0.15, -0.1) is 0 Å². The molecule has 0 amide bonds. The number of halogens is 1.